The van der Waals surface area contributed by atoms with Crippen LogP contribution >= 0.6 is 0 Å². The van der Waals surface area contributed by atoms with E-state index >= 15 is 0 Å². The second-order valence-corrected chi connectivity index (χ2v) is 3.71. The first-order valence-electron chi connectivity index (χ1n) is 3.24. The molecule has 0 radical (unpaired) electrons. The van der Waals surface area contributed by atoms with Crippen LogP contribution < -0.4 is 0 Å². The van der Waals surface area contributed by atoms with E-state index in [-0.39, 0.29) is 17.3 Å². The second kappa shape index (κ2) is 1.50. The standard InChI is InChI=1S/C7H14O2/c1-6(2)5(8)7(3,4)9-6/h5,8H,1-4H3. The highest BCUT2D eigenvalue weighted by atomic mass is 16.6. The fourth-order valence-corrected chi connectivity index (χ4v) is 1.57. The van der Waals surface area contributed by atoms with Crippen molar-refractivity contribution in [2.24, 2.45) is 0 Å². The number of ether oxygens (including phenoxy) is 1. The van der Waals surface area contributed by atoms with E-state index in [2.05, 4.69) is 0 Å². The minimum Gasteiger partial charge on any atom is -0.387 e. The Morgan fingerprint density at radius 1 is 1.11 bits per heavy atom. The Morgan fingerprint density at radius 3 is 1.44 bits per heavy atom. The van der Waals surface area contributed by atoms with E-state index in [9.17, 15) is 5.11 Å². The normalized spacial score (nSPS) is 31.7. The van der Waals surface area contributed by atoms with Gasteiger partial charge in [0.25, 0.3) is 0 Å². The van der Waals surface area contributed by atoms with Gasteiger partial charge in [-0.3, -0.25) is 0 Å². The molecule has 1 fully saturated rings. The van der Waals surface area contributed by atoms with Crippen molar-refractivity contribution in [3.8, 4) is 0 Å². The predicted octanol–water partition coefficient (Wildman–Crippen LogP) is 0.935. The van der Waals surface area contributed by atoms with Gasteiger partial charge in [0.15, 0.2) is 0 Å². The molecule has 0 aromatic carbocycles. The van der Waals surface area contributed by atoms with Crippen LogP contribution in [0.1, 0.15) is 27.7 Å². The number of aliphatic hydroxyl groups is 1. The zero-order chi connectivity index (χ0) is 7.28. The van der Waals surface area contributed by atoms with Gasteiger partial charge in [0.05, 0.1) is 11.2 Å². The molecule has 0 aromatic heterocycles. The zero-order valence-corrected chi connectivity index (χ0v) is 6.43. The van der Waals surface area contributed by atoms with Crippen molar-refractivity contribution < 1.29 is 9.84 Å². The Labute approximate surface area is 55.8 Å². The van der Waals surface area contributed by atoms with Gasteiger partial charge in [0.1, 0.15) is 6.10 Å². The third-order valence-electron chi connectivity index (χ3n) is 1.84. The van der Waals surface area contributed by atoms with Crippen molar-refractivity contribution >= 4 is 0 Å². The molecule has 1 heterocycles. The zero-order valence-electron chi connectivity index (χ0n) is 6.43. The molecule has 1 saturated heterocycles. The Kier molecular flexibility index (Phi) is 1.17. The average Bonchev–Trinajstić information content (AvgIpc) is 1.63. The predicted molar refractivity (Wildman–Crippen MR) is 35.2 cm³/mol. The molecule has 1 rings (SSSR count). The molecule has 0 spiro atoms. The van der Waals surface area contributed by atoms with Gasteiger partial charge < -0.3 is 9.84 Å². The lowest BCUT2D eigenvalue weighted by atomic mass is 9.81. The lowest BCUT2D eigenvalue weighted by molar-refractivity contribution is -0.318. The summed E-state index contributed by atoms with van der Waals surface area (Å²) in [6.07, 6.45) is -0.329. The van der Waals surface area contributed by atoms with Crippen LogP contribution in [0.4, 0.5) is 0 Å². The van der Waals surface area contributed by atoms with Gasteiger partial charge in [-0.25, -0.2) is 0 Å². The Morgan fingerprint density at radius 2 is 1.44 bits per heavy atom. The van der Waals surface area contributed by atoms with E-state index in [0.717, 1.165) is 0 Å². The Balaban J connectivity index is 2.62. The Bertz CT molecular complexity index is 113. The highest BCUT2D eigenvalue weighted by Gasteiger charge is 2.53. The van der Waals surface area contributed by atoms with Crippen LogP contribution in [0.2, 0.25) is 0 Å². The summed E-state index contributed by atoms with van der Waals surface area (Å²) >= 11 is 0. The van der Waals surface area contributed by atoms with E-state index in [1.165, 1.54) is 0 Å². The third kappa shape index (κ3) is 0.864. The van der Waals surface area contributed by atoms with Crippen molar-refractivity contribution in [1.82, 2.24) is 0 Å². The fourth-order valence-electron chi connectivity index (χ4n) is 1.57. The van der Waals surface area contributed by atoms with E-state index < -0.39 is 0 Å². The lowest BCUT2D eigenvalue weighted by Gasteiger charge is -2.54. The first-order valence-corrected chi connectivity index (χ1v) is 3.24. The molecule has 0 saturated carbocycles. The monoisotopic (exact) mass is 130 g/mol. The molecule has 2 heteroatoms. The van der Waals surface area contributed by atoms with Crippen LogP contribution in [-0.2, 0) is 4.74 Å². The van der Waals surface area contributed by atoms with E-state index in [1.807, 2.05) is 27.7 Å². The van der Waals surface area contributed by atoms with Gasteiger partial charge in [-0.1, -0.05) is 0 Å². The smallest absolute Gasteiger partial charge is 0.111 e. The maximum atomic E-state index is 9.38. The van der Waals surface area contributed by atoms with Gasteiger partial charge in [0, 0.05) is 0 Å². The van der Waals surface area contributed by atoms with Crippen LogP contribution in [0, 0.1) is 0 Å². The first-order chi connectivity index (χ1) is 3.86. The molecule has 0 unspecified atom stereocenters. The lowest BCUT2D eigenvalue weighted by Crippen LogP contribution is -2.66. The summed E-state index contributed by atoms with van der Waals surface area (Å²) in [6.45, 7) is 7.57. The van der Waals surface area contributed by atoms with Gasteiger partial charge in [-0.15, -0.1) is 0 Å². The van der Waals surface area contributed by atoms with Crippen LogP contribution in [0.25, 0.3) is 0 Å². The minimum absolute atomic E-state index is 0.329. The van der Waals surface area contributed by atoms with Crippen molar-refractivity contribution in [3.05, 3.63) is 0 Å². The van der Waals surface area contributed by atoms with Crippen molar-refractivity contribution in [3.63, 3.8) is 0 Å². The minimum atomic E-state index is -0.330. The van der Waals surface area contributed by atoms with E-state index in [1.54, 1.807) is 0 Å². The fraction of sp³-hybridized carbons (Fsp3) is 1.00. The summed E-state index contributed by atoms with van der Waals surface area (Å²) in [5.41, 5.74) is -0.660. The van der Waals surface area contributed by atoms with Gasteiger partial charge >= 0.3 is 0 Å². The first kappa shape index (κ1) is 7.03. The molecule has 0 atom stereocenters. The molecule has 1 N–H and O–H groups in total. The second-order valence-electron chi connectivity index (χ2n) is 3.71. The molecular formula is C7H14O2. The summed E-state index contributed by atoms with van der Waals surface area (Å²) in [7, 11) is 0. The number of hydrogen-bond donors (Lipinski definition) is 1. The highest BCUT2D eigenvalue weighted by molar-refractivity contribution is 5.02. The maximum Gasteiger partial charge on any atom is 0.111 e. The molecule has 2 nitrogen and oxygen atoms in total. The van der Waals surface area contributed by atoms with Gasteiger partial charge in [0.2, 0.25) is 0 Å². The van der Waals surface area contributed by atoms with Crippen LogP contribution in [0.3, 0.4) is 0 Å². The Hall–Kier alpha value is -0.0800. The molecule has 0 amide bonds. The molecule has 0 aliphatic carbocycles. The number of aliphatic hydroxyl groups excluding tert-OH is 1. The van der Waals surface area contributed by atoms with Crippen LogP contribution in [0.5, 0.6) is 0 Å². The van der Waals surface area contributed by atoms with Gasteiger partial charge in [-0.05, 0) is 27.7 Å². The molecule has 1 aliphatic heterocycles. The summed E-state index contributed by atoms with van der Waals surface area (Å²) in [5, 5.41) is 9.38. The average molecular weight is 130 g/mol. The molecule has 9 heavy (non-hydrogen) atoms. The molecule has 54 valence electrons. The molecular weight excluding hydrogens is 116 g/mol. The summed E-state index contributed by atoms with van der Waals surface area (Å²) in [6, 6.07) is 0. The highest BCUT2D eigenvalue weighted by Crippen LogP contribution is 2.40. The van der Waals surface area contributed by atoms with Crippen molar-refractivity contribution in [2.45, 2.75) is 45.0 Å². The quantitative estimate of drug-likeness (QED) is 0.528. The van der Waals surface area contributed by atoms with Crippen LogP contribution in [-0.4, -0.2) is 22.4 Å². The topological polar surface area (TPSA) is 29.5 Å². The van der Waals surface area contributed by atoms with Gasteiger partial charge in [-0.2, -0.15) is 0 Å². The van der Waals surface area contributed by atoms with Crippen LogP contribution in [0.15, 0.2) is 0 Å². The number of hydrogen-bond acceptors (Lipinski definition) is 2. The summed E-state index contributed by atoms with van der Waals surface area (Å²) in [5.74, 6) is 0. The summed E-state index contributed by atoms with van der Waals surface area (Å²) < 4.78 is 5.38. The third-order valence-corrected chi connectivity index (χ3v) is 1.84. The maximum absolute atomic E-state index is 9.38. The molecule has 0 aromatic rings. The molecule has 1 aliphatic rings. The van der Waals surface area contributed by atoms with Crippen molar-refractivity contribution in [1.29, 1.82) is 0 Å². The molecule has 0 bridgehead atoms. The van der Waals surface area contributed by atoms with Crippen molar-refractivity contribution in [2.75, 3.05) is 0 Å². The SMILES string of the molecule is CC1(C)OC(C)(C)C1O. The summed E-state index contributed by atoms with van der Waals surface area (Å²) in [4.78, 5) is 0. The van der Waals surface area contributed by atoms with E-state index in [0.29, 0.717) is 0 Å². The number of rotatable bonds is 0. The largest absolute Gasteiger partial charge is 0.387 e. The van der Waals surface area contributed by atoms with E-state index in [4.69, 9.17) is 4.74 Å².